The van der Waals surface area contributed by atoms with Crippen LogP contribution in [-0.4, -0.2) is 43.6 Å². The van der Waals surface area contributed by atoms with Gasteiger partial charge in [0.15, 0.2) is 5.96 Å². The van der Waals surface area contributed by atoms with Gasteiger partial charge in [-0.2, -0.15) is 0 Å². The summed E-state index contributed by atoms with van der Waals surface area (Å²) in [6.07, 6.45) is 1.24. The molecule has 2 N–H and O–H groups in total. The highest BCUT2D eigenvalue weighted by Crippen LogP contribution is 2.14. The van der Waals surface area contributed by atoms with Gasteiger partial charge in [-0.3, -0.25) is 0 Å². The Kier molecular flexibility index (Phi) is 6.84. The number of nitrogens with one attached hydrogen (secondary N) is 2. The number of aryl methyl sites for hydroxylation is 1. The maximum atomic E-state index is 13.6. The summed E-state index contributed by atoms with van der Waals surface area (Å²) in [5.41, 5.74) is 1.56. The number of aliphatic imine (C=N–C) groups is 1. The van der Waals surface area contributed by atoms with Crippen LogP contribution >= 0.6 is 0 Å². The van der Waals surface area contributed by atoms with E-state index in [2.05, 4.69) is 34.4 Å². The Balaban J connectivity index is 1.88. The smallest absolute Gasteiger partial charge is 0.191 e. The molecule has 1 aromatic carbocycles. The van der Waals surface area contributed by atoms with Crippen molar-refractivity contribution in [1.29, 1.82) is 0 Å². The van der Waals surface area contributed by atoms with Gasteiger partial charge in [0.2, 0.25) is 0 Å². The van der Waals surface area contributed by atoms with Gasteiger partial charge >= 0.3 is 0 Å². The second-order valence-corrected chi connectivity index (χ2v) is 6.21. The molecule has 0 aliphatic carbocycles. The Hall–Kier alpha value is -1.62. The highest BCUT2D eigenvalue weighted by molar-refractivity contribution is 5.79. The molecule has 23 heavy (non-hydrogen) atoms. The molecule has 0 aromatic heterocycles. The van der Waals surface area contributed by atoms with Crippen LogP contribution in [0.5, 0.6) is 0 Å². The Labute approximate surface area is 139 Å². The number of hydrogen-bond acceptors (Lipinski definition) is 2. The lowest BCUT2D eigenvalue weighted by Gasteiger charge is -2.16. The van der Waals surface area contributed by atoms with Gasteiger partial charge in [-0.1, -0.05) is 19.1 Å². The third-order valence-electron chi connectivity index (χ3n) is 4.38. The summed E-state index contributed by atoms with van der Waals surface area (Å²) < 4.78 is 13.6. The van der Waals surface area contributed by atoms with Gasteiger partial charge in [0.25, 0.3) is 0 Å². The normalized spacial score (nSPS) is 19.1. The molecule has 0 bridgehead atoms. The molecule has 0 spiro atoms. The molecular weight excluding hydrogens is 291 g/mol. The largest absolute Gasteiger partial charge is 0.357 e. The first kappa shape index (κ1) is 17.7. The first-order chi connectivity index (χ1) is 11.1. The van der Waals surface area contributed by atoms with Crippen LogP contribution in [-0.2, 0) is 6.54 Å². The van der Waals surface area contributed by atoms with Crippen LogP contribution in [0.3, 0.4) is 0 Å². The molecule has 5 heteroatoms. The molecule has 4 nitrogen and oxygen atoms in total. The fourth-order valence-corrected chi connectivity index (χ4v) is 2.85. The van der Waals surface area contributed by atoms with Crippen LogP contribution in [0.15, 0.2) is 23.2 Å². The van der Waals surface area contributed by atoms with Crippen LogP contribution < -0.4 is 10.6 Å². The van der Waals surface area contributed by atoms with Gasteiger partial charge in [-0.15, -0.1) is 0 Å². The van der Waals surface area contributed by atoms with E-state index in [0.717, 1.165) is 37.7 Å². The lowest BCUT2D eigenvalue weighted by molar-refractivity contribution is 0.342. The van der Waals surface area contributed by atoms with Gasteiger partial charge in [0.1, 0.15) is 5.82 Å². The predicted octanol–water partition coefficient (Wildman–Crippen LogP) is 2.53. The monoisotopic (exact) mass is 320 g/mol. The van der Waals surface area contributed by atoms with Gasteiger partial charge in [0, 0.05) is 19.6 Å². The Morgan fingerprint density at radius 3 is 2.83 bits per heavy atom. The van der Waals surface area contributed by atoms with E-state index >= 15 is 0 Å². The zero-order chi connectivity index (χ0) is 16.7. The molecule has 0 saturated carbocycles. The number of hydrogen-bond donors (Lipinski definition) is 2. The summed E-state index contributed by atoms with van der Waals surface area (Å²) >= 11 is 0. The van der Waals surface area contributed by atoms with Crippen molar-refractivity contribution in [3.63, 3.8) is 0 Å². The van der Waals surface area contributed by atoms with Crippen molar-refractivity contribution in [2.75, 3.05) is 32.7 Å². The minimum Gasteiger partial charge on any atom is -0.357 e. The lowest BCUT2D eigenvalue weighted by Crippen LogP contribution is -2.40. The average Bonchev–Trinajstić information content (AvgIpc) is 3.01. The predicted molar refractivity (Wildman–Crippen MR) is 94.2 cm³/mol. The number of nitrogens with zero attached hydrogens (tertiary/aromatic N) is 2. The fourth-order valence-electron chi connectivity index (χ4n) is 2.85. The van der Waals surface area contributed by atoms with Crippen molar-refractivity contribution < 1.29 is 4.39 Å². The van der Waals surface area contributed by atoms with Gasteiger partial charge < -0.3 is 15.5 Å². The molecule has 1 heterocycles. The van der Waals surface area contributed by atoms with Crippen molar-refractivity contribution in [3.8, 4) is 0 Å². The van der Waals surface area contributed by atoms with E-state index in [9.17, 15) is 4.39 Å². The second kappa shape index (κ2) is 8.87. The number of rotatable bonds is 6. The zero-order valence-corrected chi connectivity index (χ0v) is 14.5. The summed E-state index contributed by atoms with van der Waals surface area (Å²) in [7, 11) is 0. The molecule has 2 rings (SSSR count). The Bertz CT molecular complexity index is 530. The van der Waals surface area contributed by atoms with Crippen LogP contribution in [0.25, 0.3) is 0 Å². The molecule has 0 radical (unpaired) electrons. The van der Waals surface area contributed by atoms with Gasteiger partial charge in [-0.05, 0) is 56.5 Å². The maximum absolute atomic E-state index is 13.6. The molecule has 1 aromatic rings. The average molecular weight is 320 g/mol. The molecule has 1 atom stereocenters. The van der Waals surface area contributed by atoms with E-state index in [1.54, 1.807) is 19.1 Å². The topological polar surface area (TPSA) is 39.7 Å². The fraction of sp³-hybridized carbons (Fsp3) is 0.611. The molecule has 1 aliphatic rings. The standard InChI is InChI=1S/C18H29FN4/c1-4-20-18(22-12-16-8-9-23(5-2)13-16)21-11-15-7-6-14(3)17(19)10-15/h6-7,10,16H,4-5,8-9,11-13H2,1-3H3,(H2,20,21,22). The van der Waals surface area contributed by atoms with E-state index in [-0.39, 0.29) is 5.82 Å². The zero-order valence-electron chi connectivity index (χ0n) is 14.5. The number of likely N-dealkylation sites (tertiary alicyclic amines) is 1. The first-order valence-electron chi connectivity index (χ1n) is 8.62. The van der Waals surface area contributed by atoms with E-state index < -0.39 is 0 Å². The minimum absolute atomic E-state index is 0.165. The van der Waals surface area contributed by atoms with Crippen molar-refractivity contribution in [2.45, 2.75) is 33.7 Å². The van der Waals surface area contributed by atoms with Crippen LogP contribution in [0.1, 0.15) is 31.4 Å². The molecule has 1 saturated heterocycles. The molecule has 1 unspecified atom stereocenters. The Morgan fingerprint density at radius 1 is 1.35 bits per heavy atom. The molecule has 1 aliphatic heterocycles. The Morgan fingerprint density at radius 2 is 2.17 bits per heavy atom. The van der Waals surface area contributed by atoms with Crippen LogP contribution in [0, 0.1) is 18.7 Å². The van der Waals surface area contributed by atoms with E-state index in [1.807, 2.05) is 6.07 Å². The first-order valence-corrected chi connectivity index (χ1v) is 8.62. The summed E-state index contributed by atoms with van der Waals surface area (Å²) in [5.74, 6) is 1.32. The van der Waals surface area contributed by atoms with Crippen LogP contribution in [0.2, 0.25) is 0 Å². The molecule has 0 amide bonds. The molecular formula is C18H29FN4. The third kappa shape index (κ3) is 5.50. The molecule has 128 valence electrons. The van der Waals surface area contributed by atoms with Crippen molar-refractivity contribution in [1.82, 2.24) is 15.5 Å². The van der Waals surface area contributed by atoms with Crippen molar-refractivity contribution in [3.05, 3.63) is 35.1 Å². The van der Waals surface area contributed by atoms with Gasteiger partial charge in [-0.25, -0.2) is 9.38 Å². The summed E-state index contributed by atoms with van der Waals surface area (Å²) in [4.78, 5) is 7.05. The summed E-state index contributed by atoms with van der Waals surface area (Å²) in [6.45, 7) is 11.8. The quantitative estimate of drug-likeness (QED) is 0.625. The SMILES string of the molecule is CCNC(=NCc1ccc(C)c(F)c1)NCC1CCN(CC)C1. The van der Waals surface area contributed by atoms with Crippen molar-refractivity contribution in [2.24, 2.45) is 10.9 Å². The van der Waals surface area contributed by atoms with Crippen LogP contribution in [0.4, 0.5) is 4.39 Å². The van der Waals surface area contributed by atoms with E-state index in [1.165, 1.54) is 13.0 Å². The van der Waals surface area contributed by atoms with E-state index in [4.69, 9.17) is 0 Å². The summed E-state index contributed by atoms with van der Waals surface area (Å²) in [5, 5.41) is 6.68. The minimum atomic E-state index is -0.165. The van der Waals surface area contributed by atoms with Crippen molar-refractivity contribution >= 4 is 5.96 Å². The lowest BCUT2D eigenvalue weighted by atomic mass is 10.1. The highest BCUT2D eigenvalue weighted by atomic mass is 19.1. The van der Waals surface area contributed by atoms with Gasteiger partial charge in [0.05, 0.1) is 6.54 Å². The van der Waals surface area contributed by atoms with E-state index in [0.29, 0.717) is 18.0 Å². The molecule has 1 fully saturated rings. The summed E-state index contributed by atoms with van der Waals surface area (Å²) in [6, 6.07) is 5.30. The maximum Gasteiger partial charge on any atom is 0.191 e. The second-order valence-electron chi connectivity index (χ2n) is 6.21. The number of halogens is 1. The highest BCUT2D eigenvalue weighted by Gasteiger charge is 2.20. The number of benzene rings is 1. The number of guanidine groups is 1. The third-order valence-corrected chi connectivity index (χ3v) is 4.38.